The van der Waals surface area contributed by atoms with E-state index in [4.69, 9.17) is 4.74 Å². The molecule has 2 unspecified atom stereocenters. The van der Waals surface area contributed by atoms with Crippen LogP contribution in [0.2, 0.25) is 0 Å². The maximum Gasteiger partial charge on any atom is 0.321 e. The molecule has 0 saturated heterocycles. The van der Waals surface area contributed by atoms with Gasteiger partial charge in [0.25, 0.3) is 5.91 Å². The lowest BCUT2D eigenvalue weighted by Gasteiger charge is -2.58. The largest absolute Gasteiger partial charge is 0.455 e. The molecule has 25 heavy (non-hydrogen) atoms. The van der Waals surface area contributed by atoms with Crippen LogP contribution in [-0.2, 0) is 14.3 Å². The smallest absolute Gasteiger partial charge is 0.321 e. The van der Waals surface area contributed by atoms with E-state index in [0.29, 0.717) is 11.8 Å². The number of ether oxygens (including phenoxy) is 1. The molecule has 4 saturated carbocycles. The molecule has 0 aromatic heterocycles. The number of halogens is 1. The summed E-state index contributed by atoms with van der Waals surface area (Å²) in [7, 11) is 0. The van der Waals surface area contributed by atoms with Crippen molar-refractivity contribution in [1.29, 1.82) is 0 Å². The van der Waals surface area contributed by atoms with Gasteiger partial charge in [-0.05, 0) is 71.1 Å². The van der Waals surface area contributed by atoms with Crippen LogP contribution in [0.1, 0.15) is 59.3 Å². The second-order valence-electron chi connectivity index (χ2n) is 9.22. The second kappa shape index (κ2) is 6.25. The first-order chi connectivity index (χ1) is 11.5. The average molecular weight is 415 g/mol. The van der Waals surface area contributed by atoms with E-state index < -0.39 is 29.5 Å². The number of hydrogen-bond acceptors (Lipinski definition) is 4. The Morgan fingerprint density at radius 1 is 1.12 bits per heavy atom. The number of alkyl halides is 1. The van der Waals surface area contributed by atoms with E-state index in [1.54, 1.807) is 0 Å². The van der Waals surface area contributed by atoms with E-state index in [9.17, 15) is 14.4 Å². The van der Waals surface area contributed by atoms with Gasteiger partial charge >= 0.3 is 12.0 Å². The molecule has 4 bridgehead atoms. The van der Waals surface area contributed by atoms with Crippen LogP contribution < -0.4 is 10.6 Å². The van der Waals surface area contributed by atoms with Crippen molar-refractivity contribution in [3.05, 3.63) is 0 Å². The molecular weight excluding hydrogens is 388 g/mol. The number of nitrogens with one attached hydrogen (secondary N) is 2. The van der Waals surface area contributed by atoms with Crippen molar-refractivity contribution in [2.24, 2.45) is 17.3 Å². The molecular formula is C18H27BrN2O4. The van der Waals surface area contributed by atoms with Crippen molar-refractivity contribution in [1.82, 2.24) is 10.6 Å². The van der Waals surface area contributed by atoms with Crippen molar-refractivity contribution in [2.75, 3.05) is 6.61 Å². The number of amides is 3. The second-order valence-corrected chi connectivity index (χ2v) is 10.9. The number of urea groups is 1. The minimum atomic E-state index is -0.603. The van der Waals surface area contributed by atoms with Gasteiger partial charge in [0.05, 0.1) is 5.41 Å². The molecule has 4 aliphatic carbocycles. The Bertz CT molecular complexity index is 584. The fourth-order valence-electron chi connectivity index (χ4n) is 5.21. The molecule has 3 amide bonds. The SMILES string of the molecule is CC(C)(C)NC(=O)NC(=O)COC(=O)C12CC3CC(CC(Br)(C3)C1)C2. The summed E-state index contributed by atoms with van der Waals surface area (Å²) in [6.07, 6.45) is 5.98. The molecule has 0 aromatic rings. The molecule has 7 heteroatoms. The van der Waals surface area contributed by atoms with E-state index in [1.807, 2.05) is 20.8 Å². The van der Waals surface area contributed by atoms with Crippen LogP contribution in [0.3, 0.4) is 0 Å². The minimum Gasteiger partial charge on any atom is -0.455 e. The van der Waals surface area contributed by atoms with Crippen LogP contribution in [0.25, 0.3) is 0 Å². The molecule has 0 aliphatic heterocycles. The first kappa shape index (κ1) is 18.7. The topological polar surface area (TPSA) is 84.5 Å². The van der Waals surface area contributed by atoms with Crippen LogP contribution >= 0.6 is 15.9 Å². The molecule has 6 nitrogen and oxygen atoms in total. The maximum absolute atomic E-state index is 12.7. The predicted octanol–water partition coefficient (Wildman–Crippen LogP) is 2.89. The standard InChI is InChI=1S/C18H27BrN2O4/c1-16(2,3)21-15(24)20-13(22)9-25-14(23)17-5-11-4-12(6-17)8-18(19,7-11)10-17/h11-12H,4-10H2,1-3H3,(H2,20,21,22,24). The molecule has 4 aliphatic rings. The maximum atomic E-state index is 12.7. The van der Waals surface area contributed by atoms with Gasteiger partial charge in [-0.3, -0.25) is 14.9 Å². The van der Waals surface area contributed by atoms with E-state index in [-0.39, 0.29) is 10.3 Å². The number of hydrogen-bond donors (Lipinski definition) is 2. The first-order valence-electron chi connectivity index (χ1n) is 8.97. The lowest BCUT2D eigenvalue weighted by molar-refractivity contribution is -0.171. The molecule has 4 rings (SSSR count). The summed E-state index contributed by atoms with van der Waals surface area (Å²) in [4.78, 5) is 36.3. The van der Waals surface area contributed by atoms with Gasteiger partial charge in [-0.2, -0.15) is 0 Å². The quantitative estimate of drug-likeness (QED) is 0.549. The van der Waals surface area contributed by atoms with Crippen molar-refractivity contribution in [2.45, 2.75) is 69.2 Å². The highest BCUT2D eigenvalue weighted by atomic mass is 79.9. The summed E-state index contributed by atoms with van der Waals surface area (Å²) in [5.41, 5.74) is -0.897. The molecule has 4 fully saturated rings. The molecule has 2 N–H and O–H groups in total. The number of carbonyl (C=O) groups excluding carboxylic acids is 3. The summed E-state index contributed by atoms with van der Waals surface area (Å²) in [5, 5.41) is 4.83. The lowest BCUT2D eigenvalue weighted by atomic mass is 9.49. The first-order valence-corrected chi connectivity index (χ1v) is 9.76. The van der Waals surface area contributed by atoms with E-state index in [1.165, 1.54) is 6.42 Å². The van der Waals surface area contributed by atoms with Crippen molar-refractivity contribution >= 4 is 33.8 Å². The Morgan fingerprint density at radius 2 is 1.72 bits per heavy atom. The lowest BCUT2D eigenvalue weighted by Crippen LogP contribution is -2.56. The number of rotatable bonds is 3. The van der Waals surface area contributed by atoms with Gasteiger partial charge in [0.15, 0.2) is 6.61 Å². The van der Waals surface area contributed by atoms with Crippen LogP contribution in [0.4, 0.5) is 4.79 Å². The minimum absolute atomic E-state index is 0.0605. The predicted molar refractivity (Wildman–Crippen MR) is 96.2 cm³/mol. The van der Waals surface area contributed by atoms with Crippen molar-refractivity contribution in [3.8, 4) is 0 Å². The zero-order chi connectivity index (χ0) is 18.5. The third-order valence-electron chi connectivity index (χ3n) is 5.50. The molecule has 0 aromatic carbocycles. The van der Waals surface area contributed by atoms with Gasteiger partial charge in [0.2, 0.25) is 0 Å². The molecule has 0 heterocycles. The zero-order valence-corrected chi connectivity index (χ0v) is 16.7. The van der Waals surface area contributed by atoms with Gasteiger partial charge in [-0.15, -0.1) is 0 Å². The van der Waals surface area contributed by atoms with Gasteiger partial charge < -0.3 is 10.1 Å². The monoisotopic (exact) mass is 414 g/mol. The molecule has 2 atom stereocenters. The summed E-state index contributed by atoms with van der Waals surface area (Å²) in [6.45, 7) is 5.05. The Labute approximate surface area is 156 Å². The summed E-state index contributed by atoms with van der Waals surface area (Å²) in [6, 6.07) is -0.581. The number of esters is 1. The third kappa shape index (κ3) is 4.18. The van der Waals surface area contributed by atoms with Crippen LogP contribution in [0, 0.1) is 17.3 Å². The molecule has 0 radical (unpaired) electrons. The molecule has 0 spiro atoms. The Kier molecular flexibility index (Phi) is 4.67. The zero-order valence-electron chi connectivity index (χ0n) is 15.1. The van der Waals surface area contributed by atoms with Gasteiger partial charge in [-0.25, -0.2) is 4.79 Å². The fraction of sp³-hybridized carbons (Fsp3) is 0.833. The highest BCUT2D eigenvalue weighted by Gasteiger charge is 2.60. The molecule has 140 valence electrons. The highest BCUT2D eigenvalue weighted by Crippen LogP contribution is 2.64. The van der Waals surface area contributed by atoms with E-state index in [0.717, 1.165) is 32.1 Å². The Balaban J connectivity index is 1.53. The van der Waals surface area contributed by atoms with Gasteiger partial charge in [-0.1, -0.05) is 15.9 Å². The fourth-order valence-corrected chi connectivity index (χ4v) is 6.66. The van der Waals surface area contributed by atoms with Gasteiger partial charge in [0.1, 0.15) is 0 Å². The van der Waals surface area contributed by atoms with Crippen molar-refractivity contribution < 1.29 is 19.1 Å². The van der Waals surface area contributed by atoms with E-state index in [2.05, 4.69) is 26.6 Å². The van der Waals surface area contributed by atoms with Crippen LogP contribution in [-0.4, -0.2) is 34.4 Å². The number of imide groups is 1. The highest BCUT2D eigenvalue weighted by molar-refractivity contribution is 9.10. The summed E-state index contributed by atoms with van der Waals surface area (Å²) in [5.74, 6) is 0.254. The number of carbonyl (C=O) groups is 3. The Morgan fingerprint density at radius 3 is 2.24 bits per heavy atom. The third-order valence-corrected chi connectivity index (χ3v) is 6.43. The van der Waals surface area contributed by atoms with E-state index >= 15 is 0 Å². The van der Waals surface area contributed by atoms with Gasteiger partial charge in [0, 0.05) is 9.86 Å². The summed E-state index contributed by atoms with van der Waals surface area (Å²) >= 11 is 3.86. The van der Waals surface area contributed by atoms with Crippen molar-refractivity contribution in [3.63, 3.8) is 0 Å². The van der Waals surface area contributed by atoms with Crippen LogP contribution in [0.15, 0.2) is 0 Å². The normalized spacial score (nSPS) is 36.0. The summed E-state index contributed by atoms with van der Waals surface area (Å²) < 4.78 is 5.37. The average Bonchev–Trinajstić information content (AvgIpc) is 2.39. The Hall–Kier alpha value is -1.11. The van der Waals surface area contributed by atoms with Crippen LogP contribution in [0.5, 0.6) is 0 Å².